The van der Waals surface area contributed by atoms with E-state index in [4.69, 9.17) is 33.5 Å². The van der Waals surface area contributed by atoms with Crippen LogP contribution in [0.3, 0.4) is 0 Å². The third kappa shape index (κ3) is 27.1. The van der Waals surface area contributed by atoms with Gasteiger partial charge in [0.25, 0.3) is 40.5 Å². The molecule has 3 amide bonds. The lowest BCUT2D eigenvalue weighted by Crippen LogP contribution is -2.43. The Morgan fingerprint density at radius 3 is 1.78 bits per heavy atom. The fourth-order valence-electron chi connectivity index (χ4n) is 12.0. The maximum atomic E-state index is 12.9. The quantitative estimate of drug-likeness (QED) is 0.0153. The standard InChI is InChI=1S/C69H93N5O27S4/c1-68(2)53-45-51(104(90,91)92)23-26-56(53)73(34-9-5-6-16-61(75)71-33-37-97-39-41-99-43-42-98-40-38-96-36-31-62(76)70-32-8-7-15-58(66(81)82)101-67(83)72-55(65(79)80)25-30-63(77)78)59(68)28-17-47-13-12-14-48(64(47)100-49-19-21-50(22-20-49)103(87,88)89)18-29-60-69(3,4)54-46-52(105(93,94)95)24-27-57(54)74(60)35-10-11-44-102(84,85)86/h17-24,26-29,45-46,55,58H,5-16,25,30-44H2,1-4H3,(H9-,70,71,72,75,76,77,78,79,80,81,82,83,84,85,86,87,88,89,90,91,92,93,94,95)/p+1/t55-,58-/m0/s1. The first-order valence-corrected chi connectivity index (χ1v) is 40.0. The highest BCUT2D eigenvalue weighted by atomic mass is 32.2. The number of nitrogens with zero attached hydrogens (tertiary/aromatic N) is 2. The Morgan fingerprint density at radius 1 is 0.581 bits per heavy atom. The Hall–Kier alpha value is -8.01. The minimum absolute atomic E-state index is 0.0550. The summed E-state index contributed by atoms with van der Waals surface area (Å²) in [7, 11) is -18.0. The summed E-state index contributed by atoms with van der Waals surface area (Å²) in [5.74, 6) is -4.56. The summed E-state index contributed by atoms with van der Waals surface area (Å²) in [5, 5.41) is 34.8. The number of alkyl carbamates (subject to hydrolysis) is 1. The van der Waals surface area contributed by atoms with Crippen molar-refractivity contribution in [1.29, 1.82) is 0 Å². The summed E-state index contributed by atoms with van der Waals surface area (Å²) in [4.78, 5) is 71.7. The number of carboxylic acid groups (broad SMARTS) is 3. The molecular weight excluding hydrogens is 1460 g/mol. The number of hydrogen-bond donors (Lipinski definition) is 10. The van der Waals surface area contributed by atoms with Gasteiger partial charge in [-0.25, -0.2) is 14.4 Å². The number of carbonyl (C=O) groups excluding carboxylic acids is 3. The maximum absolute atomic E-state index is 12.9. The van der Waals surface area contributed by atoms with Gasteiger partial charge in [0, 0.05) is 79.8 Å². The van der Waals surface area contributed by atoms with E-state index < -0.39 is 106 Å². The predicted octanol–water partition coefficient (Wildman–Crippen LogP) is 7.07. The van der Waals surface area contributed by atoms with E-state index in [1.165, 1.54) is 48.5 Å². The van der Waals surface area contributed by atoms with Crippen molar-refractivity contribution < 1.29 is 129 Å². The molecule has 6 rings (SSSR count). The number of allylic oxidation sites excluding steroid dienone is 7. The van der Waals surface area contributed by atoms with Crippen LogP contribution in [0.2, 0.25) is 0 Å². The summed E-state index contributed by atoms with van der Waals surface area (Å²) in [6.07, 6.45) is 8.22. The molecule has 0 fully saturated rings. The highest BCUT2D eigenvalue weighted by Crippen LogP contribution is 2.49. The molecule has 105 heavy (non-hydrogen) atoms. The molecule has 0 spiro atoms. The Kier molecular flexibility index (Phi) is 32.4. The monoisotopic (exact) mass is 1550 g/mol. The van der Waals surface area contributed by atoms with Crippen molar-refractivity contribution in [3.63, 3.8) is 0 Å². The topological polar surface area (TPSA) is 478 Å². The fourth-order valence-corrected chi connectivity index (χ4v) is 14.1. The van der Waals surface area contributed by atoms with Crippen LogP contribution in [0.15, 0.2) is 122 Å². The Bertz CT molecular complexity index is 4230. The van der Waals surface area contributed by atoms with Crippen LogP contribution < -0.4 is 25.6 Å². The molecule has 10 N–H and O–H groups in total. The maximum Gasteiger partial charge on any atom is 0.408 e. The molecule has 3 aromatic rings. The second-order valence-corrected chi connectivity index (χ2v) is 31.8. The summed E-state index contributed by atoms with van der Waals surface area (Å²) < 4.78 is 172. The van der Waals surface area contributed by atoms with E-state index in [9.17, 15) is 90.9 Å². The van der Waals surface area contributed by atoms with Gasteiger partial charge in [-0.05, 0) is 168 Å². The number of aliphatic carboxylic acids is 3. The number of ether oxygens (including phenoxy) is 6. The molecule has 2 heterocycles. The number of nitrogens with one attached hydrogen (secondary N) is 3. The first kappa shape index (κ1) is 85.9. The Labute approximate surface area is 610 Å². The van der Waals surface area contributed by atoms with Gasteiger partial charge in [0.1, 0.15) is 24.1 Å². The van der Waals surface area contributed by atoms with E-state index in [1.807, 2.05) is 62.2 Å². The van der Waals surface area contributed by atoms with Crippen LogP contribution in [0.1, 0.15) is 135 Å². The van der Waals surface area contributed by atoms with Gasteiger partial charge in [0.15, 0.2) is 5.71 Å². The Morgan fingerprint density at radius 2 is 1.17 bits per heavy atom. The number of benzene rings is 3. The number of fused-ring (bicyclic) bond motifs is 2. The normalized spacial score (nSPS) is 16.5. The van der Waals surface area contributed by atoms with Crippen molar-refractivity contribution in [3.8, 4) is 5.75 Å². The van der Waals surface area contributed by atoms with Crippen LogP contribution in [0.4, 0.5) is 16.2 Å². The van der Waals surface area contributed by atoms with Crippen LogP contribution in [0.5, 0.6) is 5.75 Å². The largest absolute Gasteiger partial charge is 0.481 e. The number of amides is 3. The minimum Gasteiger partial charge on any atom is -0.481 e. The van der Waals surface area contributed by atoms with E-state index in [2.05, 4.69) is 15.2 Å². The minimum atomic E-state index is -4.61. The molecule has 0 saturated carbocycles. The lowest BCUT2D eigenvalue weighted by molar-refractivity contribution is -0.438. The molecule has 1 aliphatic carbocycles. The number of anilines is 1. The van der Waals surface area contributed by atoms with Crippen LogP contribution in [0.25, 0.3) is 0 Å². The second-order valence-electron chi connectivity index (χ2n) is 26.0. The molecule has 580 valence electrons. The van der Waals surface area contributed by atoms with Crippen molar-refractivity contribution >= 4 is 93.4 Å². The lowest BCUT2D eigenvalue weighted by Gasteiger charge is -2.27. The molecule has 3 aromatic carbocycles. The third-order valence-corrected chi connectivity index (χ3v) is 20.9. The molecule has 0 unspecified atom stereocenters. The predicted molar refractivity (Wildman–Crippen MR) is 380 cm³/mol. The second kappa shape index (κ2) is 39.5. The van der Waals surface area contributed by atoms with Crippen molar-refractivity contribution in [2.75, 3.05) is 89.7 Å². The molecule has 2 aliphatic heterocycles. The first-order chi connectivity index (χ1) is 49.4. The number of carbonyl (C=O) groups is 6. The van der Waals surface area contributed by atoms with Gasteiger partial charge < -0.3 is 64.6 Å². The van der Waals surface area contributed by atoms with Crippen LogP contribution in [-0.4, -0.2) is 210 Å². The van der Waals surface area contributed by atoms with E-state index in [0.29, 0.717) is 103 Å². The first-order valence-electron chi connectivity index (χ1n) is 34.1. The summed E-state index contributed by atoms with van der Waals surface area (Å²) in [6, 6.07) is 12.3. The van der Waals surface area contributed by atoms with Gasteiger partial charge in [0.2, 0.25) is 23.6 Å². The summed E-state index contributed by atoms with van der Waals surface area (Å²) in [5.41, 5.74) is 3.65. The fraction of sp³-hybridized carbons (Fsp3) is 0.522. The lowest BCUT2D eigenvalue weighted by atomic mass is 9.81. The SMILES string of the molecule is CC1(C)C(/C=C/C2=C(Oc3ccc(S(=O)(=O)O)cc3)C(=C/C=C3/N(CCCCS(=O)(=O)O)c4ccc(S(=O)(=O)O)cc4C3(C)C)/CCC2)=[N+](CCCCCC(=O)NCCOCCOCCOCCOCCC(=O)NCCCC[C@H](OC(=O)N[C@@H](CCC(=O)O)C(=O)O)C(=O)O)c2ccc(S(=O)(=O)O)cc21. The summed E-state index contributed by atoms with van der Waals surface area (Å²) >= 11 is 0. The van der Waals surface area contributed by atoms with E-state index >= 15 is 0 Å². The average Bonchev–Trinajstić information content (AvgIpc) is 1.60. The molecule has 0 bridgehead atoms. The highest BCUT2D eigenvalue weighted by Gasteiger charge is 2.45. The molecule has 0 radical (unpaired) electrons. The number of hydrogen-bond acceptors (Lipinski definition) is 21. The van der Waals surface area contributed by atoms with Gasteiger partial charge in [-0.15, -0.1) is 0 Å². The van der Waals surface area contributed by atoms with Crippen molar-refractivity contribution in [1.82, 2.24) is 16.0 Å². The van der Waals surface area contributed by atoms with Gasteiger partial charge in [-0.1, -0.05) is 19.9 Å². The van der Waals surface area contributed by atoms with E-state index in [1.54, 1.807) is 12.1 Å². The molecular formula is C69H94N5O27S4+. The van der Waals surface area contributed by atoms with Gasteiger partial charge in [0.05, 0.1) is 78.7 Å². The van der Waals surface area contributed by atoms with Gasteiger partial charge in [-0.3, -0.25) is 32.6 Å². The average molecular weight is 1550 g/mol. The van der Waals surface area contributed by atoms with Crippen molar-refractivity contribution in [3.05, 3.63) is 119 Å². The highest BCUT2D eigenvalue weighted by molar-refractivity contribution is 7.86. The van der Waals surface area contributed by atoms with Crippen LogP contribution >= 0.6 is 0 Å². The molecule has 0 saturated heterocycles. The van der Waals surface area contributed by atoms with Crippen LogP contribution in [-0.2, 0) is 99.0 Å². The molecule has 36 heteroatoms. The van der Waals surface area contributed by atoms with Crippen LogP contribution in [0, 0.1) is 0 Å². The number of carboxylic acids is 3. The van der Waals surface area contributed by atoms with Crippen molar-refractivity contribution in [2.45, 2.75) is 162 Å². The van der Waals surface area contributed by atoms with Crippen molar-refractivity contribution in [2.24, 2.45) is 0 Å². The summed E-state index contributed by atoms with van der Waals surface area (Å²) in [6.45, 7) is 10.7. The van der Waals surface area contributed by atoms with E-state index in [-0.39, 0.29) is 137 Å². The van der Waals surface area contributed by atoms with Gasteiger partial charge in [-0.2, -0.15) is 38.2 Å². The molecule has 2 atom stereocenters. The molecule has 0 aromatic heterocycles. The zero-order valence-electron chi connectivity index (χ0n) is 58.9. The van der Waals surface area contributed by atoms with Gasteiger partial charge >= 0.3 is 24.0 Å². The number of unbranched alkanes of at least 4 members (excludes halogenated alkanes) is 4. The van der Waals surface area contributed by atoms with E-state index in [0.717, 1.165) is 5.71 Å². The Balaban J connectivity index is 0.977. The zero-order chi connectivity index (χ0) is 77.3. The molecule has 32 nitrogen and oxygen atoms in total. The zero-order valence-corrected chi connectivity index (χ0v) is 62.1. The number of rotatable bonds is 46. The molecule has 3 aliphatic rings. The third-order valence-electron chi connectivity index (χ3n) is 17.5. The smallest absolute Gasteiger partial charge is 0.408 e.